The lowest BCUT2D eigenvalue weighted by molar-refractivity contribution is -0.384. The Hall–Kier alpha value is -3.70. The Morgan fingerprint density at radius 3 is 2.71 bits per heavy atom. The summed E-state index contributed by atoms with van der Waals surface area (Å²) < 4.78 is 21.8. The fourth-order valence-corrected chi connectivity index (χ4v) is 4.48. The van der Waals surface area contributed by atoms with Crippen molar-refractivity contribution >= 4 is 28.7 Å². The van der Waals surface area contributed by atoms with Crippen molar-refractivity contribution < 1.29 is 28.7 Å². The lowest BCUT2D eigenvalue weighted by Gasteiger charge is -2.30. The number of hydrogen-bond acceptors (Lipinski definition) is 10. The molecule has 0 amide bonds. The summed E-state index contributed by atoms with van der Waals surface area (Å²) in [6.07, 6.45) is 0. The van der Waals surface area contributed by atoms with Gasteiger partial charge in [-0.25, -0.2) is 9.78 Å². The number of benzene rings is 2. The fourth-order valence-electron chi connectivity index (χ4n) is 3.68. The highest BCUT2D eigenvalue weighted by molar-refractivity contribution is 7.13. The molecular weight excluding hydrogens is 474 g/mol. The lowest BCUT2D eigenvalue weighted by atomic mass is 10.1. The van der Waals surface area contributed by atoms with Crippen LogP contribution in [-0.4, -0.2) is 55.9 Å². The van der Waals surface area contributed by atoms with Crippen LogP contribution < -0.4 is 14.4 Å². The molecule has 0 spiro atoms. The van der Waals surface area contributed by atoms with Gasteiger partial charge in [0.1, 0.15) is 11.6 Å². The van der Waals surface area contributed by atoms with E-state index in [9.17, 15) is 14.9 Å². The molecule has 1 fully saturated rings. The van der Waals surface area contributed by atoms with Gasteiger partial charge in [0.05, 0.1) is 48.8 Å². The van der Waals surface area contributed by atoms with E-state index in [1.807, 2.05) is 35.4 Å². The molecule has 0 atom stereocenters. The van der Waals surface area contributed by atoms with Crippen LogP contribution in [0.5, 0.6) is 11.5 Å². The summed E-state index contributed by atoms with van der Waals surface area (Å²) in [5, 5.41) is 13.8. The van der Waals surface area contributed by atoms with Crippen molar-refractivity contribution in [2.75, 3.05) is 44.9 Å². The number of thiazole rings is 1. The first kappa shape index (κ1) is 24.4. The third-order valence-corrected chi connectivity index (χ3v) is 6.32. The monoisotopic (exact) mass is 499 g/mol. The number of ether oxygens (including phenoxy) is 4. The molecule has 10 nitrogen and oxygen atoms in total. The Balaban J connectivity index is 1.49. The molecular formula is C24H25N3O7S. The van der Waals surface area contributed by atoms with E-state index in [1.54, 1.807) is 13.2 Å². The second-order valence-corrected chi connectivity index (χ2v) is 8.43. The molecule has 3 aromatic rings. The normalized spacial score (nSPS) is 13.4. The highest BCUT2D eigenvalue weighted by atomic mass is 32.1. The maximum absolute atomic E-state index is 13.0. The number of carbonyl (C=O) groups is 1. The van der Waals surface area contributed by atoms with Crippen LogP contribution in [0.4, 0.5) is 11.4 Å². The Kier molecular flexibility index (Phi) is 7.78. The first-order valence-electron chi connectivity index (χ1n) is 11.0. The number of nitrogens with zero attached hydrogens (tertiary/aromatic N) is 3. The molecule has 0 bridgehead atoms. The minimum atomic E-state index is -0.646. The van der Waals surface area contributed by atoms with Gasteiger partial charge in [-0.1, -0.05) is 0 Å². The smallest absolute Gasteiger partial charge is 0.340 e. The van der Waals surface area contributed by atoms with Crippen LogP contribution in [-0.2, 0) is 16.1 Å². The van der Waals surface area contributed by atoms with Gasteiger partial charge < -0.3 is 23.8 Å². The number of esters is 1. The molecule has 2 heterocycles. The Labute approximate surface area is 206 Å². The summed E-state index contributed by atoms with van der Waals surface area (Å²) in [5.41, 5.74) is 1.98. The molecule has 1 aliphatic rings. The fraction of sp³-hybridized carbons (Fsp3) is 0.333. The van der Waals surface area contributed by atoms with Crippen LogP contribution in [0, 0.1) is 10.1 Å². The molecule has 11 heteroatoms. The number of non-ortho nitro benzene ring substituents is 1. The van der Waals surface area contributed by atoms with Crippen LogP contribution in [0.2, 0.25) is 0 Å². The van der Waals surface area contributed by atoms with Crippen molar-refractivity contribution in [3.63, 3.8) is 0 Å². The third kappa shape index (κ3) is 5.69. The van der Waals surface area contributed by atoms with Gasteiger partial charge in [-0.3, -0.25) is 10.1 Å². The predicted octanol–water partition coefficient (Wildman–Crippen LogP) is 4.32. The van der Waals surface area contributed by atoms with E-state index in [4.69, 9.17) is 18.9 Å². The van der Waals surface area contributed by atoms with E-state index in [1.165, 1.54) is 23.5 Å². The summed E-state index contributed by atoms with van der Waals surface area (Å²) >= 11 is 1.41. The zero-order chi connectivity index (χ0) is 24.8. The molecule has 0 aliphatic carbocycles. The minimum absolute atomic E-state index is 0.0608. The van der Waals surface area contributed by atoms with Gasteiger partial charge >= 0.3 is 5.97 Å². The van der Waals surface area contributed by atoms with E-state index >= 15 is 0 Å². The number of morpholine rings is 1. The predicted molar refractivity (Wildman–Crippen MR) is 131 cm³/mol. The molecule has 2 aromatic carbocycles. The highest BCUT2D eigenvalue weighted by Gasteiger charge is 2.23. The summed E-state index contributed by atoms with van der Waals surface area (Å²) in [6, 6.07) is 9.79. The van der Waals surface area contributed by atoms with Gasteiger partial charge in [-0.15, -0.1) is 11.3 Å². The number of aromatic nitrogens is 1. The summed E-state index contributed by atoms with van der Waals surface area (Å²) in [7, 11) is 1.58. The molecule has 0 saturated carbocycles. The van der Waals surface area contributed by atoms with Crippen LogP contribution in [0.1, 0.15) is 23.0 Å². The molecule has 1 aliphatic heterocycles. The van der Waals surface area contributed by atoms with Crippen molar-refractivity contribution in [3.8, 4) is 22.1 Å². The average molecular weight is 500 g/mol. The maximum atomic E-state index is 13.0. The number of rotatable bonds is 9. The second kappa shape index (κ2) is 11.2. The van der Waals surface area contributed by atoms with Gasteiger partial charge in [-0.2, -0.15) is 0 Å². The Morgan fingerprint density at radius 2 is 2.00 bits per heavy atom. The van der Waals surface area contributed by atoms with Crippen molar-refractivity contribution in [3.05, 3.63) is 63.1 Å². The van der Waals surface area contributed by atoms with Crippen molar-refractivity contribution in [2.45, 2.75) is 13.5 Å². The number of methoxy groups -OCH3 is 1. The molecule has 0 N–H and O–H groups in total. The quantitative estimate of drug-likeness (QED) is 0.241. The van der Waals surface area contributed by atoms with E-state index in [-0.39, 0.29) is 17.9 Å². The van der Waals surface area contributed by atoms with Crippen molar-refractivity contribution in [2.24, 2.45) is 0 Å². The molecule has 0 unspecified atom stereocenters. The first-order valence-corrected chi connectivity index (χ1v) is 11.9. The van der Waals surface area contributed by atoms with Gasteiger partial charge in [-0.05, 0) is 31.2 Å². The molecule has 1 saturated heterocycles. The molecule has 0 radical (unpaired) electrons. The van der Waals surface area contributed by atoms with E-state index in [2.05, 4.69) is 4.98 Å². The summed E-state index contributed by atoms with van der Waals surface area (Å²) in [6.45, 7) is 4.57. The molecule has 35 heavy (non-hydrogen) atoms. The number of carbonyl (C=O) groups excluding carboxylic acids is 1. The van der Waals surface area contributed by atoms with Crippen LogP contribution in [0.25, 0.3) is 10.6 Å². The zero-order valence-electron chi connectivity index (χ0n) is 19.4. The van der Waals surface area contributed by atoms with E-state index in [0.717, 1.165) is 10.6 Å². The topological polar surface area (TPSA) is 113 Å². The van der Waals surface area contributed by atoms with Gasteiger partial charge in [0.25, 0.3) is 5.69 Å². The minimum Gasteiger partial charge on any atom is -0.493 e. The number of anilines is 1. The number of nitro groups is 1. The second-order valence-electron chi connectivity index (χ2n) is 7.58. The molecule has 1 aromatic heterocycles. The standard InChI is InChI=1S/C24H25N3O7S/c1-3-33-21-7-4-16(12-22(21)31-2)23-25-17(15-35-23)14-34-24(28)19-13-18(27(29)30)5-6-20(19)26-8-10-32-11-9-26/h4-7,12-13,15H,3,8-11,14H2,1-2H3. The van der Waals surface area contributed by atoms with Crippen LogP contribution >= 0.6 is 11.3 Å². The summed E-state index contributed by atoms with van der Waals surface area (Å²) in [4.78, 5) is 30.2. The van der Waals surface area contributed by atoms with Crippen molar-refractivity contribution in [1.29, 1.82) is 0 Å². The first-order chi connectivity index (χ1) is 17.0. The Morgan fingerprint density at radius 1 is 1.20 bits per heavy atom. The highest BCUT2D eigenvalue weighted by Crippen LogP contribution is 2.34. The average Bonchev–Trinajstić information content (AvgIpc) is 3.37. The van der Waals surface area contributed by atoms with Gasteiger partial charge in [0.15, 0.2) is 11.5 Å². The van der Waals surface area contributed by atoms with Crippen molar-refractivity contribution in [1.82, 2.24) is 4.98 Å². The van der Waals surface area contributed by atoms with Gasteiger partial charge in [0, 0.05) is 36.2 Å². The number of nitro benzene ring substituents is 1. The third-order valence-electron chi connectivity index (χ3n) is 5.38. The Bertz CT molecular complexity index is 1210. The number of hydrogen-bond donors (Lipinski definition) is 0. The maximum Gasteiger partial charge on any atom is 0.340 e. The van der Waals surface area contributed by atoms with E-state index < -0.39 is 10.9 Å². The van der Waals surface area contributed by atoms with Gasteiger partial charge in [0.2, 0.25) is 0 Å². The van der Waals surface area contributed by atoms with Crippen LogP contribution in [0.15, 0.2) is 41.8 Å². The zero-order valence-corrected chi connectivity index (χ0v) is 20.2. The molecule has 4 rings (SSSR count). The van der Waals surface area contributed by atoms with Crippen LogP contribution in [0.3, 0.4) is 0 Å². The largest absolute Gasteiger partial charge is 0.493 e. The SMILES string of the molecule is CCOc1ccc(-c2nc(COC(=O)c3cc([N+](=O)[O-])ccc3N3CCOCC3)cs2)cc1OC. The molecule has 184 valence electrons. The lowest BCUT2D eigenvalue weighted by Crippen LogP contribution is -2.37. The summed E-state index contributed by atoms with van der Waals surface area (Å²) in [5.74, 6) is 0.610. The van der Waals surface area contributed by atoms with E-state index in [0.29, 0.717) is 55.8 Å².